The summed E-state index contributed by atoms with van der Waals surface area (Å²) in [5.41, 5.74) is 0. The second-order valence-electron chi connectivity index (χ2n) is 7.70. The molecule has 1 heterocycles. The van der Waals surface area contributed by atoms with E-state index in [1.165, 1.54) is 6.42 Å². The van der Waals surface area contributed by atoms with Crippen LogP contribution in [0, 0.1) is 5.92 Å². The summed E-state index contributed by atoms with van der Waals surface area (Å²) in [4.78, 5) is 21.3. The Balaban J connectivity index is 0.000000345. The number of rotatable bonds is 9. The first-order valence-electron chi connectivity index (χ1n) is 10.2. The van der Waals surface area contributed by atoms with Crippen LogP contribution in [-0.2, 0) is 14.3 Å². The van der Waals surface area contributed by atoms with E-state index in [2.05, 4.69) is 6.92 Å². The number of Topliss-reactive ketones (excluding diaryl/α,β-unsaturated/α-hetero) is 1. The summed E-state index contributed by atoms with van der Waals surface area (Å²) in [7, 11) is 0. The van der Waals surface area contributed by atoms with Gasteiger partial charge < -0.3 is 14.9 Å². The molecule has 0 bridgehead atoms. The summed E-state index contributed by atoms with van der Waals surface area (Å²) in [5, 5.41) is 18.3. The lowest BCUT2D eigenvalue weighted by atomic mass is 9.88. The lowest BCUT2D eigenvalue weighted by Gasteiger charge is -2.43. The molecular weight excluding hydrogens is 358 g/mol. The van der Waals surface area contributed by atoms with Crippen molar-refractivity contribution in [2.45, 2.75) is 109 Å². The van der Waals surface area contributed by atoms with Crippen molar-refractivity contribution >= 4 is 11.8 Å². The molecule has 27 heavy (non-hydrogen) atoms. The summed E-state index contributed by atoms with van der Waals surface area (Å²) in [5.74, 6) is -6.23. The zero-order valence-electron chi connectivity index (χ0n) is 16.5. The number of ether oxygens (including phenoxy) is 1. The smallest absolute Gasteiger partial charge is 0.303 e. The van der Waals surface area contributed by atoms with E-state index < -0.39 is 23.8 Å². The molecule has 0 aromatic heterocycles. The van der Waals surface area contributed by atoms with E-state index >= 15 is 0 Å². The van der Waals surface area contributed by atoms with Crippen molar-refractivity contribution in [2.75, 3.05) is 0 Å². The third-order valence-electron chi connectivity index (χ3n) is 5.30. The summed E-state index contributed by atoms with van der Waals surface area (Å²) >= 11 is 0. The molecule has 2 unspecified atom stereocenters. The highest BCUT2D eigenvalue weighted by atomic mass is 19.3. The molecule has 0 radical (unpaired) electrons. The molecule has 0 aromatic carbocycles. The van der Waals surface area contributed by atoms with Crippen LogP contribution in [0.3, 0.4) is 0 Å². The minimum absolute atomic E-state index is 0.0137. The van der Waals surface area contributed by atoms with Crippen molar-refractivity contribution in [3.8, 4) is 0 Å². The van der Waals surface area contributed by atoms with Gasteiger partial charge in [0.1, 0.15) is 5.78 Å². The number of ketones is 1. The average Bonchev–Trinajstić information content (AvgIpc) is 2.96. The topological polar surface area (TPSA) is 83.8 Å². The van der Waals surface area contributed by atoms with E-state index in [1.807, 2.05) is 6.92 Å². The molecule has 0 aromatic rings. The van der Waals surface area contributed by atoms with Gasteiger partial charge in [0.05, 0.1) is 6.10 Å². The molecule has 0 spiro atoms. The van der Waals surface area contributed by atoms with Crippen LogP contribution in [0.25, 0.3) is 0 Å². The molecule has 3 atom stereocenters. The zero-order chi connectivity index (χ0) is 20.5. The molecule has 7 heteroatoms. The zero-order valence-corrected chi connectivity index (χ0v) is 16.5. The predicted molar refractivity (Wildman–Crippen MR) is 97.7 cm³/mol. The molecule has 1 saturated heterocycles. The van der Waals surface area contributed by atoms with Crippen LogP contribution < -0.4 is 0 Å². The summed E-state index contributed by atoms with van der Waals surface area (Å²) in [6.45, 7) is 3.94. The van der Waals surface area contributed by atoms with Gasteiger partial charge in [0.25, 0.3) is 0 Å². The fraction of sp³-hybridized carbons (Fsp3) is 0.900. The standard InChI is InChI=1S/C13H20F2O3.C7H14O2/c1-2-3-5-12(14,15)13(17)6-4-9-7-10(16)8-11(9)18-13;1-2-3-4-5-6-7(8)9/h9,11,17H,2-8H2,1H3;2-6H2,1H3,(H,8,9)/t9?,11?,13-;/m1./s1. The number of carboxylic acids is 1. The Morgan fingerprint density at radius 2 is 1.85 bits per heavy atom. The maximum Gasteiger partial charge on any atom is 0.303 e. The summed E-state index contributed by atoms with van der Waals surface area (Å²) in [6.07, 6.45) is 5.58. The van der Waals surface area contributed by atoms with Crippen molar-refractivity contribution in [3.05, 3.63) is 0 Å². The van der Waals surface area contributed by atoms with E-state index in [-0.39, 0.29) is 31.0 Å². The number of fused-ring (bicyclic) bond motifs is 1. The van der Waals surface area contributed by atoms with Crippen LogP contribution in [0.4, 0.5) is 8.78 Å². The highest BCUT2D eigenvalue weighted by Crippen LogP contribution is 2.46. The lowest BCUT2D eigenvalue weighted by Crippen LogP contribution is -2.55. The summed E-state index contributed by atoms with van der Waals surface area (Å²) < 4.78 is 33.2. The minimum Gasteiger partial charge on any atom is -0.481 e. The van der Waals surface area contributed by atoms with Crippen LogP contribution in [0.2, 0.25) is 0 Å². The van der Waals surface area contributed by atoms with Gasteiger partial charge in [-0.15, -0.1) is 0 Å². The van der Waals surface area contributed by atoms with E-state index in [0.717, 1.165) is 19.3 Å². The highest BCUT2D eigenvalue weighted by molar-refractivity contribution is 5.81. The van der Waals surface area contributed by atoms with E-state index in [0.29, 0.717) is 32.1 Å². The van der Waals surface area contributed by atoms with Gasteiger partial charge in [-0.3, -0.25) is 9.59 Å². The largest absolute Gasteiger partial charge is 0.481 e. The molecule has 158 valence electrons. The first-order chi connectivity index (χ1) is 12.6. The molecule has 2 aliphatic rings. The van der Waals surface area contributed by atoms with Gasteiger partial charge in [-0.05, 0) is 25.2 Å². The van der Waals surface area contributed by atoms with Crippen molar-refractivity contribution in [1.29, 1.82) is 0 Å². The Labute approximate surface area is 160 Å². The second kappa shape index (κ2) is 11.1. The predicted octanol–water partition coefficient (Wildman–Crippen LogP) is 4.70. The number of halogens is 2. The molecule has 0 amide bonds. The number of aliphatic hydroxyl groups is 1. The lowest BCUT2D eigenvalue weighted by molar-refractivity contribution is -0.355. The van der Waals surface area contributed by atoms with Crippen LogP contribution in [0.1, 0.15) is 90.9 Å². The quantitative estimate of drug-likeness (QED) is 0.556. The molecule has 1 saturated carbocycles. The van der Waals surface area contributed by atoms with Gasteiger partial charge in [0.15, 0.2) is 0 Å². The number of hydrogen-bond donors (Lipinski definition) is 2. The first-order valence-corrected chi connectivity index (χ1v) is 10.2. The normalized spacial score (nSPS) is 27.7. The SMILES string of the molecule is CCCCC(F)(F)[C@@]1(O)CCC2CC(=O)CC2O1.CCCCCCC(=O)O. The highest BCUT2D eigenvalue weighted by Gasteiger charge is 2.58. The fourth-order valence-corrected chi connectivity index (χ4v) is 3.58. The van der Waals surface area contributed by atoms with Crippen molar-refractivity contribution in [3.63, 3.8) is 0 Å². The number of aliphatic carboxylic acids is 1. The monoisotopic (exact) mass is 392 g/mol. The van der Waals surface area contributed by atoms with Crippen LogP contribution >= 0.6 is 0 Å². The van der Waals surface area contributed by atoms with Crippen LogP contribution in [-0.4, -0.2) is 39.8 Å². The number of carbonyl (C=O) groups excluding carboxylic acids is 1. The van der Waals surface area contributed by atoms with E-state index in [1.54, 1.807) is 0 Å². The second-order valence-corrected chi connectivity index (χ2v) is 7.70. The van der Waals surface area contributed by atoms with Crippen LogP contribution in [0.5, 0.6) is 0 Å². The molecule has 1 aliphatic carbocycles. The Morgan fingerprint density at radius 1 is 1.19 bits per heavy atom. The number of hydrogen-bond acceptors (Lipinski definition) is 4. The molecule has 2 N–H and O–H groups in total. The molecule has 1 aliphatic heterocycles. The molecule has 2 rings (SSSR count). The van der Waals surface area contributed by atoms with Gasteiger partial charge in [-0.25, -0.2) is 8.78 Å². The first kappa shape index (κ1) is 24.0. The maximum absolute atomic E-state index is 14.0. The third-order valence-corrected chi connectivity index (χ3v) is 5.30. The fourth-order valence-electron chi connectivity index (χ4n) is 3.58. The minimum atomic E-state index is -3.24. The molecular formula is C20H34F2O5. The van der Waals surface area contributed by atoms with E-state index in [4.69, 9.17) is 9.84 Å². The number of unbranched alkanes of at least 4 members (excludes halogenated alkanes) is 4. The average molecular weight is 392 g/mol. The summed E-state index contributed by atoms with van der Waals surface area (Å²) in [6, 6.07) is 0. The van der Waals surface area contributed by atoms with Gasteiger partial charge in [-0.2, -0.15) is 0 Å². The van der Waals surface area contributed by atoms with Gasteiger partial charge in [0, 0.05) is 32.1 Å². The molecule has 5 nitrogen and oxygen atoms in total. The van der Waals surface area contributed by atoms with E-state index in [9.17, 15) is 23.5 Å². The van der Waals surface area contributed by atoms with Crippen LogP contribution in [0.15, 0.2) is 0 Å². The van der Waals surface area contributed by atoms with Crippen molar-refractivity contribution in [2.24, 2.45) is 5.92 Å². The number of carbonyl (C=O) groups is 2. The Bertz CT molecular complexity index is 483. The van der Waals surface area contributed by atoms with Gasteiger partial charge >= 0.3 is 11.9 Å². The maximum atomic E-state index is 14.0. The van der Waals surface area contributed by atoms with Crippen molar-refractivity contribution in [1.82, 2.24) is 0 Å². The Morgan fingerprint density at radius 3 is 2.44 bits per heavy atom. The third kappa shape index (κ3) is 7.45. The Hall–Kier alpha value is -1.08. The Kier molecular flexibility index (Phi) is 9.81. The molecule has 2 fully saturated rings. The van der Waals surface area contributed by atoms with Gasteiger partial charge in [0.2, 0.25) is 5.79 Å². The number of carboxylic acid groups (broad SMARTS) is 1. The number of alkyl halides is 2. The van der Waals surface area contributed by atoms with Crippen molar-refractivity contribution < 1.29 is 33.3 Å². The van der Waals surface area contributed by atoms with Gasteiger partial charge in [-0.1, -0.05) is 39.5 Å².